The molecule has 0 radical (unpaired) electrons. The van der Waals surface area contributed by atoms with Gasteiger partial charge in [0.2, 0.25) is 5.91 Å². The number of hydrogen-bond donors (Lipinski definition) is 0. The van der Waals surface area contributed by atoms with Crippen molar-refractivity contribution in [2.45, 2.75) is 19.8 Å². The Kier molecular flexibility index (Phi) is 6.52. The molecule has 1 atom stereocenters. The summed E-state index contributed by atoms with van der Waals surface area (Å²) in [7, 11) is 3.03. The lowest BCUT2D eigenvalue weighted by molar-refractivity contribution is -0.146. The first-order chi connectivity index (χ1) is 9.45. The summed E-state index contributed by atoms with van der Waals surface area (Å²) < 4.78 is 4.64. The third-order valence-corrected chi connectivity index (χ3v) is 3.51. The minimum Gasteiger partial charge on any atom is -0.469 e. The van der Waals surface area contributed by atoms with E-state index in [2.05, 4.69) is 4.74 Å². The quantitative estimate of drug-likeness (QED) is 0.758. The molecule has 5 heteroatoms. The predicted molar refractivity (Wildman–Crippen MR) is 78.6 cm³/mol. The first-order valence-corrected chi connectivity index (χ1v) is 6.88. The van der Waals surface area contributed by atoms with E-state index >= 15 is 0 Å². The van der Waals surface area contributed by atoms with Gasteiger partial charge in [0, 0.05) is 25.0 Å². The zero-order valence-corrected chi connectivity index (χ0v) is 12.8. The summed E-state index contributed by atoms with van der Waals surface area (Å²) in [6.45, 7) is 2.09. The topological polar surface area (TPSA) is 46.6 Å². The van der Waals surface area contributed by atoms with E-state index < -0.39 is 0 Å². The molecule has 1 rings (SSSR count). The van der Waals surface area contributed by atoms with E-state index in [0.717, 1.165) is 5.56 Å². The number of carbonyl (C=O) groups is 2. The van der Waals surface area contributed by atoms with Gasteiger partial charge >= 0.3 is 5.97 Å². The molecule has 0 saturated carbocycles. The Labute approximate surface area is 124 Å². The van der Waals surface area contributed by atoms with Crippen molar-refractivity contribution >= 4 is 23.5 Å². The molecule has 0 heterocycles. The number of ether oxygens (including phenoxy) is 1. The summed E-state index contributed by atoms with van der Waals surface area (Å²) in [5.74, 6) is -0.648. The lowest BCUT2D eigenvalue weighted by atomic mass is 10.1. The molecule has 1 aromatic rings. The Balaban J connectivity index is 2.46. The van der Waals surface area contributed by atoms with Crippen molar-refractivity contribution in [1.82, 2.24) is 4.90 Å². The fraction of sp³-hybridized carbons (Fsp3) is 0.467. The number of esters is 1. The third-order valence-electron chi connectivity index (χ3n) is 3.14. The van der Waals surface area contributed by atoms with Gasteiger partial charge in [-0.25, -0.2) is 0 Å². The molecule has 0 aliphatic rings. The van der Waals surface area contributed by atoms with Gasteiger partial charge in [0.15, 0.2) is 0 Å². The molecule has 0 aromatic heterocycles. The largest absolute Gasteiger partial charge is 0.469 e. The van der Waals surface area contributed by atoms with Crippen molar-refractivity contribution in [2.24, 2.45) is 5.92 Å². The summed E-state index contributed by atoms with van der Waals surface area (Å²) in [6, 6.07) is 7.48. The highest BCUT2D eigenvalue weighted by Gasteiger charge is 2.18. The second-order valence-electron chi connectivity index (χ2n) is 4.79. The van der Waals surface area contributed by atoms with Crippen LogP contribution in [0.4, 0.5) is 0 Å². The third kappa shape index (κ3) is 4.85. The molecule has 20 heavy (non-hydrogen) atoms. The minimum absolute atomic E-state index is 0.0133. The van der Waals surface area contributed by atoms with Crippen molar-refractivity contribution in [1.29, 1.82) is 0 Å². The molecule has 0 bridgehead atoms. The van der Waals surface area contributed by atoms with Crippen LogP contribution in [0.15, 0.2) is 24.3 Å². The average Bonchev–Trinajstić information content (AvgIpc) is 2.44. The maximum atomic E-state index is 12.0. The van der Waals surface area contributed by atoms with E-state index in [-0.39, 0.29) is 17.8 Å². The number of amides is 1. The standard InChI is InChI=1S/C15H20ClNO3/c1-11(15(19)20-3)10-17(2)14(18)9-8-12-6-4-5-7-13(12)16/h4-7,11H,8-10H2,1-3H3. The van der Waals surface area contributed by atoms with Gasteiger partial charge < -0.3 is 9.64 Å². The molecule has 0 fully saturated rings. The fourth-order valence-electron chi connectivity index (χ4n) is 1.92. The molecule has 1 unspecified atom stereocenters. The molecule has 4 nitrogen and oxygen atoms in total. The smallest absolute Gasteiger partial charge is 0.310 e. The number of carbonyl (C=O) groups excluding carboxylic acids is 2. The fourth-order valence-corrected chi connectivity index (χ4v) is 2.15. The number of hydrogen-bond acceptors (Lipinski definition) is 3. The number of rotatable bonds is 6. The van der Waals surface area contributed by atoms with Crippen LogP contribution >= 0.6 is 11.6 Å². The number of aryl methyl sites for hydroxylation is 1. The van der Waals surface area contributed by atoms with Crippen LogP contribution in [-0.4, -0.2) is 37.5 Å². The molecule has 0 N–H and O–H groups in total. The van der Waals surface area contributed by atoms with Gasteiger partial charge in [-0.05, 0) is 18.1 Å². The zero-order valence-electron chi connectivity index (χ0n) is 12.1. The highest BCUT2D eigenvalue weighted by molar-refractivity contribution is 6.31. The maximum Gasteiger partial charge on any atom is 0.310 e. The lowest BCUT2D eigenvalue weighted by Gasteiger charge is -2.20. The Morgan fingerprint density at radius 3 is 2.60 bits per heavy atom. The predicted octanol–water partition coefficient (Wildman–Crippen LogP) is 2.54. The van der Waals surface area contributed by atoms with E-state index in [9.17, 15) is 9.59 Å². The van der Waals surface area contributed by atoms with Crippen LogP contribution in [0.5, 0.6) is 0 Å². The van der Waals surface area contributed by atoms with E-state index in [1.54, 1.807) is 18.9 Å². The van der Waals surface area contributed by atoms with E-state index in [4.69, 9.17) is 11.6 Å². The number of nitrogens with zero attached hydrogens (tertiary/aromatic N) is 1. The molecule has 1 aromatic carbocycles. The molecule has 1 amide bonds. The van der Waals surface area contributed by atoms with Crippen LogP contribution in [0.25, 0.3) is 0 Å². The molecule has 0 aliphatic carbocycles. The second kappa shape index (κ2) is 7.90. The van der Waals surface area contributed by atoms with E-state index in [1.807, 2.05) is 24.3 Å². The van der Waals surface area contributed by atoms with Crippen LogP contribution in [-0.2, 0) is 20.7 Å². The summed E-state index contributed by atoms with van der Waals surface area (Å²) in [5, 5.41) is 0.672. The molecular formula is C15H20ClNO3. The number of methoxy groups -OCH3 is 1. The molecule has 110 valence electrons. The van der Waals surface area contributed by atoms with Gasteiger partial charge in [-0.15, -0.1) is 0 Å². The minimum atomic E-state index is -0.325. The van der Waals surface area contributed by atoms with Crippen LogP contribution in [0, 0.1) is 5.92 Å². The van der Waals surface area contributed by atoms with Crippen molar-refractivity contribution < 1.29 is 14.3 Å². The maximum absolute atomic E-state index is 12.0. The van der Waals surface area contributed by atoms with Crippen LogP contribution < -0.4 is 0 Å². The lowest BCUT2D eigenvalue weighted by Crippen LogP contribution is -2.34. The summed E-state index contributed by atoms with van der Waals surface area (Å²) >= 11 is 6.05. The highest BCUT2D eigenvalue weighted by Crippen LogP contribution is 2.17. The molecule has 0 saturated heterocycles. The first-order valence-electron chi connectivity index (χ1n) is 6.51. The van der Waals surface area contributed by atoms with Crippen molar-refractivity contribution in [3.63, 3.8) is 0 Å². The normalized spacial score (nSPS) is 11.8. The van der Waals surface area contributed by atoms with E-state index in [0.29, 0.717) is 24.4 Å². The SMILES string of the molecule is COC(=O)C(C)CN(C)C(=O)CCc1ccccc1Cl. The molecular weight excluding hydrogens is 278 g/mol. The van der Waals surface area contributed by atoms with Crippen molar-refractivity contribution in [2.75, 3.05) is 20.7 Å². The molecule has 0 aliphatic heterocycles. The number of benzene rings is 1. The van der Waals surface area contributed by atoms with Gasteiger partial charge in [0.25, 0.3) is 0 Å². The number of halogens is 1. The first kappa shape index (κ1) is 16.5. The van der Waals surface area contributed by atoms with Gasteiger partial charge in [-0.1, -0.05) is 36.7 Å². The Hall–Kier alpha value is -1.55. The van der Waals surface area contributed by atoms with Crippen molar-refractivity contribution in [3.05, 3.63) is 34.9 Å². The molecule has 0 spiro atoms. The Morgan fingerprint density at radius 1 is 1.35 bits per heavy atom. The van der Waals surface area contributed by atoms with Gasteiger partial charge in [-0.3, -0.25) is 9.59 Å². The van der Waals surface area contributed by atoms with E-state index in [1.165, 1.54) is 7.11 Å². The zero-order chi connectivity index (χ0) is 15.1. The van der Waals surface area contributed by atoms with Gasteiger partial charge in [0.1, 0.15) is 0 Å². The second-order valence-corrected chi connectivity index (χ2v) is 5.20. The van der Waals surface area contributed by atoms with Gasteiger partial charge in [-0.2, -0.15) is 0 Å². The monoisotopic (exact) mass is 297 g/mol. The highest BCUT2D eigenvalue weighted by atomic mass is 35.5. The summed E-state index contributed by atoms with van der Waals surface area (Å²) in [5.41, 5.74) is 0.955. The van der Waals surface area contributed by atoms with Gasteiger partial charge in [0.05, 0.1) is 13.0 Å². The Bertz CT molecular complexity index is 476. The van der Waals surface area contributed by atoms with Crippen molar-refractivity contribution in [3.8, 4) is 0 Å². The summed E-state index contributed by atoms with van der Waals surface area (Å²) in [4.78, 5) is 24.9. The van der Waals surface area contributed by atoms with Crippen LogP contribution in [0.3, 0.4) is 0 Å². The summed E-state index contributed by atoms with van der Waals surface area (Å²) in [6.07, 6.45) is 0.962. The van der Waals surface area contributed by atoms with Crippen LogP contribution in [0.2, 0.25) is 5.02 Å². The average molecular weight is 298 g/mol. The Morgan fingerprint density at radius 2 is 2.00 bits per heavy atom. The van der Waals surface area contributed by atoms with Crippen LogP contribution in [0.1, 0.15) is 18.9 Å².